The molecule has 0 spiro atoms. The number of nitrogens with one attached hydrogen (secondary N) is 2. The van der Waals surface area contributed by atoms with Gasteiger partial charge in [0.05, 0.1) is 5.52 Å². The summed E-state index contributed by atoms with van der Waals surface area (Å²) < 4.78 is 39.6. The highest BCUT2D eigenvalue weighted by Crippen LogP contribution is 2.31. The molecule has 1 atom stereocenters. The van der Waals surface area contributed by atoms with Gasteiger partial charge in [0.15, 0.2) is 0 Å². The molecule has 0 saturated carbocycles. The summed E-state index contributed by atoms with van der Waals surface area (Å²) >= 11 is 0. The smallest absolute Gasteiger partial charge is 0.296 e. The van der Waals surface area contributed by atoms with Crippen molar-refractivity contribution in [1.82, 2.24) is 10.3 Å². The summed E-state index contributed by atoms with van der Waals surface area (Å²) in [7, 11) is 0. The van der Waals surface area contributed by atoms with Gasteiger partial charge in [0.1, 0.15) is 19.0 Å². The first-order chi connectivity index (χ1) is 19.4. The van der Waals surface area contributed by atoms with E-state index in [0.29, 0.717) is 19.0 Å². The minimum absolute atomic E-state index is 0.0103. The summed E-state index contributed by atoms with van der Waals surface area (Å²) in [6.45, 7) is 4.03. The number of halogens is 2. The van der Waals surface area contributed by atoms with Crippen molar-refractivity contribution in [2.45, 2.75) is 51.1 Å². The van der Waals surface area contributed by atoms with Crippen molar-refractivity contribution in [3.63, 3.8) is 0 Å². The average molecular weight is 549 g/mol. The molecule has 0 aliphatic rings. The van der Waals surface area contributed by atoms with E-state index in [-0.39, 0.29) is 17.0 Å². The summed E-state index contributed by atoms with van der Waals surface area (Å²) in [4.78, 5) is 15.0. The number of alkyl halides is 2. The minimum Gasteiger partial charge on any atom is -0.487 e. The minimum atomic E-state index is -2.96. The number of aromatic amines is 1. The second-order valence-electron chi connectivity index (χ2n) is 10.2. The number of ether oxygens (including phenoxy) is 2. The molecular weight excluding hydrogens is 510 g/mol. The van der Waals surface area contributed by atoms with Gasteiger partial charge in [-0.15, -0.1) is 0 Å². The van der Waals surface area contributed by atoms with Crippen molar-refractivity contribution >= 4 is 10.9 Å². The van der Waals surface area contributed by atoms with Crippen LogP contribution in [0, 0.1) is 0 Å². The molecule has 0 aliphatic heterocycles. The van der Waals surface area contributed by atoms with Crippen LogP contribution in [0.15, 0.2) is 89.7 Å². The van der Waals surface area contributed by atoms with Crippen LogP contribution in [0.5, 0.6) is 5.75 Å². The van der Waals surface area contributed by atoms with Gasteiger partial charge in [-0.05, 0) is 48.6 Å². The van der Waals surface area contributed by atoms with E-state index in [1.54, 1.807) is 24.3 Å². The van der Waals surface area contributed by atoms with Gasteiger partial charge in [0, 0.05) is 30.2 Å². The molecule has 4 aromatic rings. The van der Waals surface area contributed by atoms with Crippen molar-refractivity contribution in [3.8, 4) is 5.75 Å². The maximum atomic E-state index is 14.1. The number of benzene rings is 3. The molecule has 3 aromatic carbocycles. The SMILES string of the molecule is C[C@@H](CNCCCCCCOCC(F)(F)c1ccccc1)c1ccc(OCc2ccccc2)c2[nH]c(=O)ccc12. The van der Waals surface area contributed by atoms with Gasteiger partial charge in [-0.1, -0.05) is 86.5 Å². The topological polar surface area (TPSA) is 63.4 Å². The van der Waals surface area contributed by atoms with Gasteiger partial charge >= 0.3 is 0 Å². The summed E-state index contributed by atoms with van der Waals surface area (Å²) in [5.41, 5.74) is 2.76. The van der Waals surface area contributed by atoms with Gasteiger partial charge in [0.2, 0.25) is 5.56 Å². The standard InChI is InChI=1S/C33H38F2N2O3/c1-25(22-36-20-10-2-3-11-21-39-24-33(34,35)27-14-8-5-9-15-27)28-16-18-30(32-29(28)17-19-31(38)37-32)40-23-26-12-6-4-7-13-26/h4-9,12-19,25,36H,2-3,10-11,20-24H2,1H3,(H,37,38)/t25-/m0/s1. The summed E-state index contributed by atoms with van der Waals surface area (Å²) in [5, 5.41) is 4.51. The van der Waals surface area contributed by atoms with Crippen molar-refractivity contribution < 1.29 is 18.3 Å². The first-order valence-electron chi connectivity index (χ1n) is 14.0. The molecule has 4 rings (SSSR count). The van der Waals surface area contributed by atoms with E-state index in [0.717, 1.165) is 60.8 Å². The van der Waals surface area contributed by atoms with Crippen molar-refractivity contribution in [3.05, 3.63) is 112 Å². The number of fused-ring (bicyclic) bond motifs is 1. The molecule has 5 nitrogen and oxygen atoms in total. The Morgan fingerprint density at radius 3 is 2.38 bits per heavy atom. The summed E-state index contributed by atoms with van der Waals surface area (Å²) in [5.74, 6) is -2.07. The zero-order valence-electron chi connectivity index (χ0n) is 23.0. The van der Waals surface area contributed by atoms with E-state index in [1.165, 1.54) is 12.1 Å². The van der Waals surface area contributed by atoms with E-state index < -0.39 is 12.5 Å². The number of H-pyrrole nitrogens is 1. The maximum Gasteiger partial charge on any atom is 0.296 e. The lowest BCUT2D eigenvalue weighted by molar-refractivity contribution is -0.0831. The quantitative estimate of drug-likeness (QED) is 0.146. The Bertz CT molecular complexity index is 1380. The number of rotatable bonds is 16. The Labute approximate surface area is 234 Å². The first-order valence-corrected chi connectivity index (χ1v) is 14.0. The Morgan fingerprint density at radius 1 is 0.875 bits per heavy atom. The molecule has 7 heteroatoms. The fraction of sp³-hybridized carbons (Fsp3) is 0.364. The molecule has 0 radical (unpaired) electrons. The third kappa shape index (κ3) is 8.47. The fourth-order valence-corrected chi connectivity index (χ4v) is 4.74. The number of aromatic nitrogens is 1. The van der Waals surface area contributed by atoms with Gasteiger partial charge in [-0.25, -0.2) is 0 Å². The second kappa shape index (κ2) is 14.7. The third-order valence-corrected chi connectivity index (χ3v) is 6.98. The van der Waals surface area contributed by atoms with Crippen LogP contribution in [0.1, 0.15) is 55.2 Å². The number of pyridine rings is 1. The van der Waals surface area contributed by atoms with Gasteiger partial charge < -0.3 is 19.8 Å². The molecule has 0 amide bonds. The highest BCUT2D eigenvalue weighted by Gasteiger charge is 2.31. The molecular formula is C33H38F2N2O3. The highest BCUT2D eigenvalue weighted by atomic mass is 19.3. The molecule has 1 heterocycles. The zero-order valence-corrected chi connectivity index (χ0v) is 23.0. The van der Waals surface area contributed by atoms with Crippen LogP contribution >= 0.6 is 0 Å². The Balaban J connectivity index is 1.17. The predicted molar refractivity (Wildman–Crippen MR) is 156 cm³/mol. The number of unbranched alkanes of at least 4 members (excludes halogenated alkanes) is 3. The normalized spacial score (nSPS) is 12.5. The van der Waals surface area contributed by atoms with Crippen LogP contribution in [-0.2, 0) is 17.3 Å². The van der Waals surface area contributed by atoms with Crippen LogP contribution in [0.3, 0.4) is 0 Å². The molecule has 0 saturated heterocycles. The molecule has 0 unspecified atom stereocenters. The summed E-state index contributed by atoms with van der Waals surface area (Å²) in [6, 6.07) is 25.2. The molecule has 2 N–H and O–H groups in total. The molecule has 0 fully saturated rings. The maximum absolute atomic E-state index is 14.1. The van der Waals surface area contributed by atoms with Crippen LogP contribution in [0.25, 0.3) is 10.9 Å². The van der Waals surface area contributed by atoms with Gasteiger partial charge in [-0.2, -0.15) is 8.78 Å². The number of hydrogen-bond acceptors (Lipinski definition) is 4. The molecule has 0 aliphatic carbocycles. The zero-order chi connectivity index (χ0) is 28.2. The Hall–Kier alpha value is -3.55. The van der Waals surface area contributed by atoms with Crippen LogP contribution in [0.4, 0.5) is 8.78 Å². The van der Waals surface area contributed by atoms with E-state index in [9.17, 15) is 13.6 Å². The fourth-order valence-electron chi connectivity index (χ4n) is 4.74. The lowest BCUT2D eigenvalue weighted by atomic mass is 9.96. The Morgan fingerprint density at radius 2 is 1.60 bits per heavy atom. The molecule has 1 aromatic heterocycles. The molecule has 0 bridgehead atoms. The third-order valence-electron chi connectivity index (χ3n) is 6.98. The predicted octanol–water partition coefficient (Wildman–Crippen LogP) is 7.17. The van der Waals surface area contributed by atoms with Crippen LogP contribution in [0.2, 0.25) is 0 Å². The largest absolute Gasteiger partial charge is 0.487 e. The van der Waals surface area contributed by atoms with Crippen LogP contribution in [-0.4, -0.2) is 31.3 Å². The van der Waals surface area contributed by atoms with Crippen molar-refractivity contribution in [1.29, 1.82) is 0 Å². The number of hydrogen-bond donors (Lipinski definition) is 2. The highest BCUT2D eigenvalue weighted by molar-refractivity contribution is 5.87. The lowest BCUT2D eigenvalue weighted by Crippen LogP contribution is -2.22. The molecule has 40 heavy (non-hydrogen) atoms. The summed E-state index contributed by atoms with van der Waals surface area (Å²) in [6.07, 6.45) is 3.73. The van der Waals surface area contributed by atoms with Crippen LogP contribution < -0.4 is 15.6 Å². The van der Waals surface area contributed by atoms with Crippen molar-refractivity contribution in [2.24, 2.45) is 0 Å². The van der Waals surface area contributed by atoms with Gasteiger partial charge in [0.25, 0.3) is 5.92 Å². The first kappa shape index (κ1) is 29.4. The van der Waals surface area contributed by atoms with E-state index in [4.69, 9.17) is 9.47 Å². The molecule has 212 valence electrons. The Kier molecular flexibility index (Phi) is 10.8. The van der Waals surface area contributed by atoms with E-state index >= 15 is 0 Å². The van der Waals surface area contributed by atoms with Gasteiger partial charge in [-0.3, -0.25) is 4.79 Å². The monoisotopic (exact) mass is 548 g/mol. The van der Waals surface area contributed by atoms with E-state index in [2.05, 4.69) is 23.3 Å². The van der Waals surface area contributed by atoms with E-state index in [1.807, 2.05) is 42.5 Å². The lowest BCUT2D eigenvalue weighted by Gasteiger charge is -2.18. The average Bonchev–Trinajstić information content (AvgIpc) is 2.97. The van der Waals surface area contributed by atoms with Crippen molar-refractivity contribution in [2.75, 3.05) is 26.3 Å². The second-order valence-corrected chi connectivity index (χ2v) is 10.2.